The van der Waals surface area contributed by atoms with Crippen LogP contribution in [0.25, 0.3) is 0 Å². The second-order valence-electron chi connectivity index (χ2n) is 5.47. The average Bonchev–Trinajstić information content (AvgIpc) is 2.85. The van der Waals surface area contributed by atoms with Crippen molar-refractivity contribution in [3.63, 3.8) is 0 Å². The van der Waals surface area contributed by atoms with Crippen LogP contribution in [0.3, 0.4) is 0 Å². The lowest BCUT2D eigenvalue weighted by atomic mass is 9.85. The Morgan fingerprint density at radius 1 is 1.27 bits per heavy atom. The lowest BCUT2D eigenvalue weighted by molar-refractivity contribution is 0.340. The average molecular weight is 207 g/mol. The predicted octanol–water partition coefficient (Wildman–Crippen LogP) is 3.35. The van der Waals surface area contributed by atoms with E-state index >= 15 is 0 Å². The molecule has 0 aromatic rings. The van der Waals surface area contributed by atoms with Crippen molar-refractivity contribution in [1.29, 1.82) is 0 Å². The quantitative estimate of drug-likeness (QED) is 0.664. The highest BCUT2D eigenvalue weighted by Gasteiger charge is 2.35. The Morgan fingerprint density at radius 3 is 2.67 bits per heavy atom. The molecule has 0 heterocycles. The van der Waals surface area contributed by atoms with Crippen molar-refractivity contribution >= 4 is 0 Å². The molecule has 0 aromatic carbocycles. The van der Waals surface area contributed by atoms with Crippen molar-refractivity contribution in [2.75, 3.05) is 6.54 Å². The van der Waals surface area contributed by atoms with Gasteiger partial charge in [-0.25, -0.2) is 0 Å². The Bertz CT molecular complexity index is 221. The van der Waals surface area contributed by atoms with Gasteiger partial charge in [0.25, 0.3) is 0 Å². The first-order valence-electron chi connectivity index (χ1n) is 6.71. The van der Waals surface area contributed by atoms with Gasteiger partial charge in [-0.15, -0.1) is 0 Å². The van der Waals surface area contributed by atoms with Crippen LogP contribution in [0.4, 0.5) is 0 Å². The number of nitrogens with two attached hydrogens (primary N) is 1. The van der Waals surface area contributed by atoms with Crippen molar-refractivity contribution in [3.8, 4) is 0 Å². The maximum absolute atomic E-state index is 5.64. The van der Waals surface area contributed by atoms with Crippen LogP contribution in [0.1, 0.15) is 45.4 Å². The summed E-state index contributed by atoms with van der Waals surface area (Å²) >= 11 is 0. The van der Waals surface area contributed by atoms with E-state index in [9.17, 15) is 0 Å². The normalized spacial score (nSPS) is 34.9. The molecule has 86 valence electrons. The van der Waals surface area contributed by atoms with Crippen LogP contribution in [0.5, 0.6) is 0 Å². The highest BCUT2D eigenvalue weighted by atomic mass is 14.5. The Balaban J connectivity index is 1.71. The maximum Gasteiger partial charge on any atom is -0.00746 e. The molecule has 2 rings (SSSR count). The van der Waals surface area contributed by atoms with Gasteiger partial charge in [0.2, 0.25) is 0 Å². The largest absolute Gasteiger partial charge is 0.330 e. The molecule has 1 heteroatoms. The highest BCUT2D eigenvalue weighted by molar-refractivity contribution is 5.09. The third kappa shape index (κ3) is 2.63. The Hall–Kier alpha value is -0.300. The van der Waals surface area contributed by atoms with Crippen molar-refractivity contribution in [2.45, 2.75) is 45.4 Å². The molecule has 0 spiro atoms. The Morgan fingerprint density at radius 2 is 2.13 bits per heavy atom. The first-order valence-corrected chi connectivity index (χ1v) is 6.71. The third-order valence-electron chi connectivity index (χ3n) is 4.51. The minimum absolute atomic E-state index is 0.870. The molecule has 15 heavy (non-hydrogen) atoms. The monoisotopic (exact) mass is 207 g/mol. The summed E-state index contributed by atoms with van der Waals surface area (Å²) in [6.45, 7) is 3.18. The maximum atomic E-state index is 5.64. The van der Waals surface area contributed by atoms with E-state index in [1.165, 1.54) is 38.5 Å². The minimum atomic E-state index is 0.870. The molecule has 0 amide bonds. The van der Waals surface area contributed by atoms with E-state index in [1.807, 2.05) is 0 Å². The molecule has 2 bridgehead atoms. The van der Waals surface area contributed by atoms with Crippen LogP contribution in [0, 0.1) is 23.7 Å². The molecule has 4 atom stereocenters. The van der Waals surface area contributed by atoms with Gasteiger partial charge in [-0.2, -0.15) is 0 Å². The van der Waals surface area contributed by atoms with Gasteiger partial charge >= 0.3 is 0 Å². The van der Waals surface area contributed by atoms with Crippen molar-refractivity contribution in [2.24, 2.45) is 29.4 Å². The van der Waals surface area contributed by atoms with E-state index in [0.717, 1.165) is 30.2 Å². The summed E-state index contributed by atoms with van der Waals surface area (Å²) in [6, 6.07) is 0. The summed E-state index contributed by atoms with van der Waals surface area (Å²) in [5, 5.41) is 0. The van der Waals surface area contributed by atoms with Crippen LogP contribution in [-0.4, -0.2) is 6.54 Å². The summed E-state index contributed by atoms with van der Waals surface area (Å²) in [7, 11) is 0. The lowest BCUT2D eigenvalue weighted by Gasteiger charge is -2.21. The van der Waals surface area contributed by atoms with Gasteiger partial charge in [-0.3, -0.25) is 0 Å². The summed E-state index contributed by atoms with van der Waals surface area (Å²) in [5.74, 6) is 3.77. The summed E-state index contributed by atoms with van der Waals surface area (Å²) < 4.78 is 0. The summed E-state index contributed by atoms with van der Waals surface area (Å²) in [6.07, 6.45) is 13.3. The second kappa shape index (κ2) is 5.16. The highest BCUT2D eigenvalue weighted by Crippen LogP contribution is 2.45. The zero-order valence-corrected chi connectivity index (χ0v) is 9.99. The number of fused-ring (bicyclic) bond motifs is 2. The van der Waals surface area contributed by atoms with E-state index in [4.69, 9.17) is 5.73 Å². The van der Waals surface area contributed by atoms with Gasteiger partial charge in [-0.05, 0) is 55.9 Å². The second-order valence-corrected chi connectivity index (χ2v) is 5.47. The van der Waals surface area contributed by atoms with E-state index in [2.05, 4.69) is 19.1 Å². The molecule has 2 unspecified atom stereocenters. The Kier molecular flexibility index (Phi) is 3.85. The van der Waals surface area contributed by atoms with Crippen LogP contribution in [0.15, 0.2) is 12.2 Å². The van der Waals surface area contributed by atoms with E-state index in [1.54, 1.807) is 0 Å². The fourth-order valence-electron chi connectivity index (χ4n) is 3.46. The number of rotatable bonds is 6. The van der Waals surface area contributed by atoms with E-state index in [0.29, 0.717) is 0 Å². The molecule has 1 fully saturated rings. The first-order chi connectivity index (χ1) is 7.33. The van der Waals surface area contributed by atoms with Crippen LogP contribution >= 0.6 is 0 Å². The number of hydrogen-bond acceptors (Lipinski definition) is 1. The van der Waals surface area contributed by atoms with Gasteiger partial charge < -0.3 is 5.73 Å². The molecule has 1 saturated carbocycles. The van der Waals surface area contributed by atoms with Crippen molar-refractivity contribution < 1.29 is 0 Å². The SMILES string of the molecule is CCC(CCN)CC[C@@H]1CC2C=C[C@@H]1C2. The molecule has 2 aliphatic carbocycles. The Labute approximate surface area is 94.1 Å². The molecular formula is C14H25N. The standard InChI is InChI=1S/C14H25N/c1-2-11(7-8-15)3-5-13-9-12-4-6-14(13)10-12/h4,6,11-14H,2-3,5,7-10,15H2,1H3/t11?,12?,13-,14-/m1/s1. The molecule has 0 aliphatic heterocycles. The van der Waals surface area contributed by atoms with Gasteiger partial charge in [0.15, 0.2) is 0 Å². The van der Waals surface area contributed by atoms with Crippen LogP contribution < -0.4 is 5.73 Å². The van der Waals surface area contributed by atoms with E-state index < -0.39 is 0 Å². The molecule has 0 radical (unpaired) electrons. The molecular weight excluding hydrogens is 182 g/mol. The lowest BCUT2D eigenvalue weighted by Crippen LogP contribution is -2.12. The van der Waals surface area contributed by atoms with Gasteiger partial charge in [0, 0.05) is 0 Å². The topological polar surface area (TPSA) is 26.0 Å². The number of allylic oxidation sites excluding steroid dienone is 2. The molecule has 2 N–H and O–H groups in total. The van der Waals surface area contributed by atoms with E-state index in [-0.39, 0.29) is 0 Å². The summed E-state index contributed by atoms with van der Waals surface area (Å²) in [5.41, 5.74) is 5.64. The first kappa shape index (κ1) is 11.2. The summed E-state index contributed by atoms with van der Waals surface area (Å²) in [4.78, 5) is 0. The van der Waals surface area contributed by atoms with Crippen molar-refractivity contribution in [3.05, 3.63) is 12.2 Å². The van der Waals surface area contributed by atoms with Crippen LogP contribution in [0.2, 0.25) is 0 Å². The predicted molar refractivity (Wildman–Crippen MR) is 65.5 cm³/mol. The van der Waals surface area contributed by atoms with Gasteiger partial charge in [-0.1, -0.05) is 31.9 Å². The molecule has 0 saturated heterocycles. The minimum Gasteiger partial charge on any atom is -0.330 e. The van der Waals surface area contributed by atoms with Gasteiger partial charge in [0.05, 0.1) is 0 Å². The third-order valence-corrected chi connectivity index (χ3v) is 4.51. The molecule has 0 aromatic heterocycles. The smallest absolute Gasteiger partial charge is 0.00746 e. The number of hydrogen-bond donors (Lipinski definition) is 1. The zero-order valence-electron chi connectivity index (χ0n) is 9.99. The fraction of sp³-hybridized carbons (Fsp3) is 0.857. The fourth-order valence-corrected chi connectivity index (χ4v) is 3.46. The van der Waals surface area contributed by atoms with Crippen LogP contribution in [-0.2, 0) is 0 Å². The van der Waals surface area contributed by atoms with Gasteiger partial charge in [0.1, 0.15) is 0 Å². The zero-order chi connectivity index (χ0) is 10.7. The molecule has 1 nitrogen and oxygen atoms in total. The van der Waals surface area contributed by atoms with Crippen molar-refractivity contribution in [1.82, 2.24) is 0 Å². The molecule has 2 aliphatic rings.